The highest BCUT2D eigenvalue weighted by molar-refractivity contribution is 5.30. The normalized spacial score (nSPS) is 19.1. The molecule has 1 aliphatic rings. The molecular formula is C16H22N4. The van der Waals surface area contributed by atoms with Crippen LogP contribution in [0.25, 0.3) is 5.69 Å². The lowest BCUT2D eigenvalue weighted by molar-refractivity contribution is 0.0827. The molecule has 20 heavy (non-hydrogen) atoms. The predicted octanol–water partition coefficient (Wildman–Crippen LogP) is 2.06. The number of piperazine rings is 1. The van der Waals surface area contributed by atoms with Crippen molar-refractivity contribution in [1.82, 2.24) is 20.0 Å². The van der Waals surface area contributed by atoms with Gasteiger partial charge in [0.1, 0.15) is 0 Å². The Hall–Kier alpha value is -1.65. The van der Waals surface area contributed by atoms with Gasteiger partial charge in [0.05, 0.1) is 11.9 Å². The molecule has 0 atom stereocenters. The quantitative estimate of drug-likeness (QED) is 0.926. The Morgan fingerprint density at radius 2 is 2.05 bits per heavy atom. The predicted molar refractivity (Wildman–Crippen MR) is 80.9 cm³/mol. The van der Waals surface area contributed by atoms with Crippen molar-refractivity contribution in [2.75, 3.05) is 19.6 Å². The topological polar surface area (TPSA) is 33.1 Å². The third kappa shape index (κ3) is 2.76. The van der Waals surface area contributed by atoms with Crippen molar-refractivity contribution in [3.8, 4) is 5.69 Å². The molecule has 0 radical (unpaired) electrons. The smallest absolute Gasteiger partial charge is 0.0645 e. The molecule has 2 aromatic rings. The van der Waals surface area contributed by atoms with Gasteiger partial charge >= 0.3 is 0 Å². The first-order valence-corrected chi connectivity index (χ1v) is 7.20. The van der Waals surface area contributed by atoms with E-state index < -0.39 is 0 Å². The minimum absolute atomic E-state index is 0.201. The molecule has 1 aliphatic heterocycles. The second-order valence-electron chi connectivity index (χ2n) is 6.04. The Morgan fingerprint density at radius 3 is 2.80 bits per heavy atom. The van der Waals surface area contributed by atoms with Gasteiger partial charge in [-0.2, -0.15) is 5.10 Å². The first-order valence-electron chi connectivity index (χ1n) is 7.20. The summed E-state index contributed by atoms with van der Waals surface area (Å²) in [6, 6.07) is 10.3. The molecule has 4 heteroatoms. The van der Waals surface area contributed by atoms with Gasteiger partial charge < -0.3 is 5.32 Å². The average Bonchev–Trinajstić information content (AvgIpc) is 2.91. The standard InChI is InChI=1S/C16H22N4/c1-16(2)13-17-8-9-19(16)11-14-10-18-20(12-14)15-6-4-3-5-7-15/h3-7,10,12,17H,8-9,11,13H2,1-2H3. The molecule has 3 rings (SSSR count). The third-order valence-electron chi connectivity index (χ3n) is 4.00. The summed E-state index contributed by atoms with van der Waals surface area (Å²) in [5, 5.41) is 7.93. The number of hydrogen-bond donors (Lipinski definition) is 1. The van der Waals surface area contributed by atoms with Gasteiger partial charge in [-0.1, -0.05) is 18.2 Å². The summed E-state index contributed by atoms with van der Waals surface area (Å²) < 4.78 is 1.95. The van der Waals surface area contributed by atoms with E-state index in [1.807, 2.05) is 29.1 Å². The van der Waals surface area contributed by atoms with E-state index in [1.165, 1.54) is 5.56 Å². The van der Waals surface area contributed by atoms with Crippen LogP contribution in [-0.2, 0) is 6.54 Å². The fourth-order valence-electron chi connectivity index (χ4n) is 2.70. The van der Waals surface area contributed by atoms with Crippen molar-refractivity contribution in [2.24, 2.45) is 0 Å². The van der Waals surface area contributed by atoms with E-state index in [4.69, 9.17) is 0 Å². The van der Waals surface area contributed by atoms with Crippen LogP contribution in [-0.4, -0.2) is 39.9 Å². The van der Waals surface area contributed by atoms with Gasteiger partial charge in [-0.3, -0.25) is 4.90 Å². The van der Waals surface area contributed by atoms with E-state index in [2.05, 4.69) is 47.5 Å². The summed E-state index contributed by atoms with van der Waals surface area (Å²) in [4.78, 5) is 2.52. The molecule has 0 amide bonds. The van der Waals surface area contributed by atoms with Gasteiger partial charge in [0.15, 0.2) is 0 Å². The minimum atomic E-state index is 0.201. The van der Waals surface area contributed by atoms with Crippen molar-refractivity contribution < 1.29 is 0 Å². The molecule has 1 aromatic carbocycles. The van der Waals surface area contributed by atoms with E-state index in [0.29, 0.717) is 0 Å². The highest BCUT2D eigenvalue weighted by Crippen LogP contribution is 2.19. The van der Waals surface area contributed by atoms with E-state index in [9.17, 15) is 0 Å². The second-order valence-corrected chi connectivity index (χ2v) is 6.04. The van der Waals surface area contributed by atoms with Crippen LogP contribution in [0.1, 0.15) is 19.4 Å². The van der Waals surface area contributed by atoms with E-state index in [1.54, 1.807) is 0 Å². The number of hydrogen-bond acceptors (Lipinski definition) is 3. The molecule has 1 fully saturated rings. The molecule has 0 aliphatic carbocycles. The molecule has 1 saturated heterocycles. The first kappa shape index (κ1) is 13.3. The zero-order valence-electron chi connectivity index (χ0n) is 12.2. The molecular weight excluding hydrogens is 248 g/mol. The number of para-hydroxylation sites is 1. The molecule has 0 bridgehead atoms. The average molecular weight is 270 g/mol. The van der Waals surface area contributed by atoms with Crippen LogP contribution in [0.5, 0.6) is 0 Å². The minimum Gasteiger partial charge on any atom is -0.314 e. The first-order chi connectivity index (χ1) is 9.65. The van der Waals surface area contributed by atoms with Gasteiger partial charge in [0.25, 0.3) is 0 Å². The van der Waals surface area contributed by atoms with Gasteiger partial charge in [0.2, 0.25) is 0 Å². The molecule has 1 N–H and O–H groups in total. The lowest BCUT2D eigenvalue weighted by Crippen LogP contribution is -2.57. The molecule has 0 spiro atoms. The number of rotatable bonds is 3. The maximum Gasteiger partial charge on any atom is 0.0645 e. The van der Waals surface area contributed by atoms with Crippen molar-refractivity contribution in [2.45, 2.75) is 25.9 Å². The molecule has 0 unspecified atom stereocenters. The van der Waals surface area contributed by atoms with Crippen molar-refractivity contribution in [1.29, 1.82) is 0 Å². The maximum atomic E-state index is 4.47. The number of nitrogens with zero attached hydrogens (tertiary/aromatic N) is 3. The molecule has 0 saturated carbocycles. The Labute approximate surface area is 120 Å². The summed E-state index contributed by atoms with van der Waals surface area (Å²) in [6.07, 6.45) is 4.11. The van der Waals surface area contributed by atoms with Crippen LogP contribution >= 0.6 is 0 Å². The number of benzene rings is 1. The lowest BCUT2D eigenvalue weighted by Gasteiger charge is -2.42. The van der Waals surface area contributed by atoms with Crippen molar-refractivity contribution in [3.05, 3.63) is 48.3 Å². The summed E-state index contributed by atoms with van der Waals surface area (Å²) in [7, 11) is 0. The largest absolute Gasteiger partial charge is 0.314 e. The van der Waals surface area contributed by atoms with Crippen LogP contribution in [0, 0.1) is 0 Å². The van der Waals surface area contributed by atoms with Gasteiger partial charge in [0, 0.05) is 43.5 Å². The number of aromatic nitrogens is 2. The van der Waals surface area contributed by atoms with Crippen molar-refractivity contribution >= 4 is 0 Å². The molecule has 4 nitrogen and oxygen atoms in total. The summed E-state index contributed by atoms with van der Waals surface area (Å²) >= 11 is 0. The number of nitrogens with one attached hydrogen (secondary N) is 1. The van der Waals surface area contributed by atoms with E-state index in [-0.39, 0.29) is 5.54 Å². The Bertz CT molecular complexity index is 559. The van der Waals surface area contributed by atoms with Crippen molar-refractivity contribution in [3.63, 3.8) is 0 Å². The molecule has 1 aromatic heterocycles. The summed E-state index contributed by atoms with van der Waals surface area (Å²) in [5.41, 5.74) is 2.58. The fourth-order valence-corrected chi connectivity index (χ4v) is 2.70. The van der Waals surface area contributed by atoms with Gasteiger partial charge in [-0.25, -0.2) is 4.68 Å². The Morgan fingerprint density at radius 1 is 1.25 bits per heavy atom. The van der Waals surface area contributed by atoms with Crippen LogP contribution in [0.15, 0.2) is 42.7 Å². The lowest BCUT2D eigenvalue weighted by atomic mass is 10.00. The SMILES string of the molecule is CC1(C)CNCCN1Cc1cnn(-c2ccccc2)c1. The van der Waals surface area contributed by atoms with Crippen LogP contribution in [0.2, 0.25) is 0 Å². The summed E-state index contributed by atoms with van der Waals surface area (Å²) in [6.45, 7) is 8.74. The Kier molecular flexibility index (Phi) is 3.59. The van der Waals surface area contributed by atoms with Crippen LogP contribution in [0.3, 0.4) is 0 Å². The van der Waals surface area contributed by atoms with E-state index >= 15 is 0 Å². The summed E-state index contributed by atoms with van der Waals surface area (Å²) in [5.74, 6) is 0. The third-order valence-corrected chi connectivity index (χ3v) is 4.00. The molecule has 2 heterocycles. The molecule has 106 valence electrons. The highest BCUT2D eigenvalue weighted by atomic mass is 15.3. The highest BCUT2D eigenvalue weighted by Gasteiger charge is 2.29. The fraction of sp³-hybridized carbons (Fsp3) is 0.438. The second kappa shape index (κ2) is 5.38. The monoisotopic (exact) mass is 270 g/mol. The van der Waals surface area contributed by atoms with E-state index in [0.717, 1.165) is 31.9 Å². The Balaban J connectivity index is 1.74. The van der Waals surface area contributed by atoms with Gasteiger partial charge in [-0.15, -0.1) is 0 Å². The van der Waals surface area contributed by atoms with Gasteiger partial charge in [-0.05, 0) is 26.0 Å². The maximum absolute atomic E-state index is 4.47. The zero-order chi connectivity index (χ0) is 14.0. The van der Waals surface area contributed by atoms with Crippen LogP contribution < -0.4 is 5.32 Å². The zero-order valence-corrected chi connectivity index (χ0v) is 12.2. The van der Waals surface area contributed by atoms with Crippen LogP contribution in [0.4, 0.5) is 0 Å².